The zero-order valence-electron chi connectivity index (χ0n) is 15.4. The summed E-state index contributed by atoms with van der Waals surface area (Å²) in [4.78, 5) is 13.5. The molecule has 0 bridgehead atoms. The summed E-state index contributed by atoms with van der Waals surface area (Å²) in [5.41, 5.74) is 1.45. The molecule has 0 radical (unpaired) electrons. The topological polar surface area (TPSA) is 101 Å². The van der Waals surface area contributed by atoms with Crippen LogP contribution in [-0.4, -0.2) is 33.9 Å². The van der Waals surface area contributed by atoms with Crippen molar-refractivity contribution in [3.63, 3.8) is 0 Å². The molecule has 0 saturated carbocycles. The van der Waals surface area contributed by atoms with Gasteiger partial charge in [0.15, 0.2) is 11.6 Å². The van der Waals surface area contributed by atoms with Gasteiger partial charge in [-0.2, -0.15) is 8.42 Å². The Bertz CT molecular complexity index is 1170. The van der Waals surface area contributed by atoms with Crippen LogP contribution in [0, 0.1) is 0 Å². The first-order chi connectivity index (χ1) is 14.0. The Hall–Kier alpha value is -3.43. The summed E-state index contributed by atoms with van der Waals surface area (Å²) in [5.74, 6) is 0.0887. The third-order valence-electron chi connectivity index (χ3n) is 4.21. The highest BCUT2D eigenvalue weighted by Crippen LogP contribution is 2.39. The van der Waals surface area contributed by atoms with Gasteiger partial charge in [0.25, 0.3) is 10.0 Å². The molecule has 1 N–H and O–H groups in total. The molecule has 0 fully saturated rings. The van der Waals surface area contributed by atoms with Crippen LogP contribution in [0.25, 0.3) is 0 Å². The molecule has 1 aliphatic rings. The normalized spacial score (nSPS) is 14.8. The molecule has 3 aromatic rings. The van der Waals surface area contributed by atoms with Gasteiger partial charge in [-0.25, -0.2) is 0 Å². The molecule has 0 saturated heterocycles. The third-order valence-corrected chi connectivity index (χ3v) is 5.51. The monoisotopic (exact) mass is 411 g/mol. The molecule has 9 heteroatoms. The van der Waals surface area contributed by atoms with Crippen LogP contribution in [0.4, 0.5) is 17.1 Å². The van der Waals surface area contributed by atoms with Gasteiger partial charge < -0.3 is 14.5 Å². The molecule has 1 amide bonds. The van der Waals surface area contributed by atoms with Gasteiger partial charge in [0.1, 0.15) is 11.5 Å². The molecule has 0 unspecified atom stereocenters. The van der Waals surface area contributed by atoms with Gasteiger partial charge in [-0.15, -0.1) is 4.40 Å². The lowest BCUT2D eigenvalue weighted by atomic mass is 10.2. The Morgan fingerprint density at radius 2 is 1.93 bits per heavy atom. The van der Waals surface area contributed by atoms with Crippen molar-refractivity contribution in [1.82, 2.24) is 0 Å². The Morgan fingerprint density at radius 1 is 1.14 bits per heavy atom. The number of nitrogens with one attached hydrogen (secondary N) is 1. The predicted molar refractivity (Wildman–Crippen MR) is 108 cm³/mol. The van der Waals surface area contributed by atoms with Crippen molar-refractivity contribution < 1.29 is 22.4 Å². The fourth-order valence-corrected chi connectivity index (χ4v) is 4.23. The third kappa shape index (κ3) is 3.65. The minimum atomic E-state index is -4.03. The van der Waals surface area contributed by atoms with E-state index in [1.54, 1.807) is 29.2 Å². The summed E-state index contributed by atoms with van der Waals surface area (Å²) >= 11 is 0. The molecule has 4 rings (SSSR count). The summed E-state index contributed by atoms with van der Waals surface area (Å²) in [5, 5.41) is 2.61. The molecule has 0 spiro atoms. The fraction of sp³-hybridized carbons (Fsp3) is 0.100. The lowest BCUT2D eigenvalue weighted by Gasteiger charge is -2.30. The number of carbonyl (C=O) groups is 1. The number of methoxy groups -OCH3 is 1. The Balaban J connectivity index is 1.87. The lowest BCUT2D eigenvalue weighted by Crippen LogP contribution is -2.32. The van der Waals surface area contributed by atoms with Crippen LogP contribution < -0.4 is 10.2 Å². The first-order valence-electron chi connectivity index (χ1n) is 8.66. The minimum absolute atomic E-state index is 0.0214. The van der Waals surface area contributed by atoms with E-state index in [0.29, 0.717) is 17.1 Å². The van der Waals surface area contributed by atoms with E-state index in [9.17, 15) is 13.2 Å². The Labute approximate surface area is 167 Å². The highest BCUT2D eigenvalue weighted by atomic mass is 32.2. The number of hydrogen-bond acceptors (Lipinski definition) is 6. The number of fused-ring (bicyclic) bond motifs is 1. The number of sulfonamides is 1. The number of para-hydroxylation sites is 1. The molecular weight excluding hydrogens is 394 g/mol. The van der Waals surface area contributed by atoms with Crippen LogP contribution >= 0.6 is 0 Å². The van der Waals surface area contributed by atoms with Gasteiger partial charge in [0.2, 0.25) is 5.91 Å². The lowest BCUT2D eigenvalue weighted by molar-refractivity contribution is -0.119. The van der Waals surface area contributed by atoms with Gasteiger partial charge in [0, 0.05) is 18.5 Å². The van der Waals surface area contributed by atoms with Gasteiger partial charge in [-0.3, -0.25) is 9.69 Å². The molecule has 2 heterocycles. The number of rotatable bonds is 5. The zero-order chi connectivity index (χ0) is 20.4. The first-order valence-corrected chi connectivity index (χ1v) is 10.1. The second-order valence-electron chi connectivity index (χ2n) is 6.20. The summed E-state index contributed by atoms with van der Waals surface area (Å²) in [6.07, 6.45) is 1.46. The van der Waals surface area contributed by atoms with E-state index in [1.807, 2.05) is 30.3 Å². The number of benzene rings is 2. The number of hydrogen-bond donors (Lipinski definition) is 1. The molecule has 0 atom stereocenters. The highest BCUT2D eigenvalue weighted by Gasteiger charge is 2.34. The van der Waals surface area contributed by atoms with Gasteiger partial charge >= 0.3 is 0 Å². The average Bonchev–Trinajstić information content (AvgIpc) is 3.23. The smallest absolute Gasteiger partial charge is 0.286 e. The van der Waals surface area contributed by atoms with Crippen LogP contribution in [0.15, 0.2) is 80.6 Å². The second kappa shape index (κ2) is 7.53. The first kappa shape index (κ1) is 18.9. The molecule has 0 aliphatic carbocycles. The van der Waals surface area contributed by atoms with E-state index < -0.39 is 10.0 Å². The van der Waals surface area contributed by atoms with Gasteiger partial charge in [-0.1, -0.05) is 18.2 Å². The van der Waals surface area contributed by atoms with Gasteiger partial charge in [0.05, 0.1) is 12.0 Å². The molecule has 1 aromatic heterocycles. The van der Waals surface area contributed by atoms with Crippen LogP contribution in [0.2, 0.25) is 0 Å². The minimum Gasteiger partial charge on any atom is -0.461 e. The number of furan rings is 1. The standard InChI is InChI=1S/C20H17N3O5S/c1-27-13-19(24)21-14-9-10-16-18(12-14)29(25,26)22-20(17-8-5-11-28-17)23(16)15-6-3-2-4-7-15/h2-12H,13H2,1H3,(H,21,24). The molecule has 1 aliphatic heterocycles. The summed E-state index contributed by atoms with van der Waals surface area (Å²) in [7, 11) is -2.62. The molecule has 29 heavy (non-hydrogen) atoms. The number of amidine groups is 1. The maximum atomic E-state index is 12.9. The quantitative estimate of drug-likeness (QED) is 0.692. The Morgan fingerprint density at radius 3 is 2.62 bits per heavy atom. The molecular formula is C20H17N3O5S. The SMILES string of the molecule is COCC(=O)Nc1ccc2c(c1)S(=O)(=O)N=C(c1ccco1)N2c1ccccc1. The van der Waals surface area contributed by atoms with E-state index in [4.69, 9.17) is 9.15 Å². The summed E-state index contributed by atoms with van der Waals surface area (Å²) < 4.78 is 40.1. The van der Waals surface area contributed by atoms with Crippen molar-refractivity contribution in [3.05, 3.63) is 72.7 Å². The molecule has 2 aromatic carbocycles. The zero-order valence-corrected chi connectivity index (χ0v) is 16.2. The molecule has 8 nitrogen and oxygen atoms in total. The van der Waals surface area contributed by atoms with Crippen molar-refractivity contribution >= 4 is 38.8 Å². The predicted octanol–water partition coefficient (Wildman–Crippen LogP) is 3.15. The van der Waals surface area contributed by atoms with Gasteiger partial charge in [-0.05, 0) is 42.5 Å². The number of ether oxygens (including phenoxy) is 1. The van der Waals surface area contributed by atoms with Crippen molar-refractivity contribution in [3.8, 4) is 0 Å². The highest BCUT2D eigenvalue weighted by molar-refractivity contribution is 7.90. The summed E-state index contributed by atoms with van der Waals surface area (Å²) in [6, 6.07) is 17.2. The van der Waals surface area contributed by atoms with E-state index in [2.05, 4.69) is 9.71 Å². The average molecular weight is 411 g/mol. The van der Waals surface area contributed by atoms with E-state index >= 15 is 0 Å². The van der Waals surface area contributed by atoms with Crippen molar-refractivity contribution in [2.24, 2.45) is 4.40 Å². The van der Waals surface area contributed by atoms with Crippen molar-refractivity contribution in [1.29, 1.82) is 0 Å². The van der Waals surface area contributed by atoms with Crippen molar-refractivity contribution in [2.45, 2.75) is 4.90 Å². The largest absolute Gasteiger partial charge is 0.461 e. The number of carbonyl (C=O) groups excluding carboxylic acids is 1. The Kier molecular flexibility index (Phi) is 4.91. The van der Waals surface area contributed by atoms with E-state index in [-0.39, 0.29) is 23.2 Å². The van der Waals surface area contributed by atoms with E-state index in [1.165, 1.54) is 19.4 Å². The number of anilines is 3. The van der Waals surface area contributed by atoms with Crippen LogP contribution in [-0.2, 0) is 19.6 Å². The number of amides is 1. The fourth-order valence-electron chi connectivity index (χ4n) is 3.03. The summed E-state index contributed by atoms with van der Waals surface area (Å²) in [6.45, 7) is -0.138. The van der Waals surface area contributed by atoms with E-state index in [0.717, 1.165) is 5.69 Å². The van der Waals surface area contributed by atoms with Crippen LogP contribution in [0.3, 0.4) is 0 Å². The number of nitrogens with zero attached hydrogens (tertiary/aromatic N) is 2. The maximum absolute atomic E-state index is 12.9. The maximum Gasteiger partial charge on any atom is 0.286 e. The molecule has 148 valence electrons. The second-order valence-corrected chi connectivity index (χ2v) is 7.77. The van der Waals surface area contributed by atoms with Crippen LogP contribution in [0.1, 0.15) is 5.76 Å². The van der Waals surface area contributed by atoms with Crippen LogP contribution in [0.5, 0.6) is 0 Å². The van der Waals surface area contributed by atoms with Crippen molar-refractivity contribution in [2.75, 3.05) is 23.9 Å².